The average molecular weight is 279 g/mol. The van der Waals surface area contributed by atoms with Crippen LogP contribution in [0.25, 0.3) is 0 Å². The van der Waals surface area contributed by atoms with Crippen molar-refractivity contribution in [1.82, 2.24) is 5.32 Å². The van der Waals surface area contributed by atoms with Gasteiger partial charge in [0.25, 0.3) is 0 Å². The van der Waals surface area contributed by atoms with Crippen LogP contribution >= 0.6 is 11.8 Å². The highest BCUT2D eigenvalue weighted by Gasteiger charge is 2.18. The van der Waals surface area contributed by atoms with E-state index in [-0.39, 0.29) is 6.04 Å². The zero-order chi connectivity index (χ0) is 13.8. The lowest BCUT2D eigenvalue weighted by Crippen LogP contribution is -2.19. The second-order valence-electron chi connectivity index (χ2n) is 4.13. The maximum atomic E-state index is 13.9. The molecule has 0 aromatic heterocycles. The number of benzene rings is 2. The molecule has 19 heavy (non-hydrogen) atoms. The van der Waals surface area contributed by atoms with E-state index < -0.39 is 11.6 Å². The molecule has 2 aromatic rings. The summed E-state index contributed by atoms with van der Waals surface area (Å²) in [6.07, 6.45) is 1.98. The van der Waals surface area contributed by atoms with Crippen LogP contribution in [0.1, 0.15) is 17.2 Å². The van der Waals surface area contributed by atoms with Crippen molar-refractivity contribution >= 4 is 11.8 Å². The van der Waals surface area contributed by atoms with Crippen molar-refractivity contribution < 1.29 is 8.78 Å². The number of thioether (sulfide) groups is 1. The van der Waals surface area contributed by atoms with Gasteiger partial charge in [-0.05, 0) is 31.0 Å². The average Bonchev–Trinajstić information content (AvgIpc) is 2.42. The van der Waals surface area contributed by atoms with Gasteiger partial charge in [-0.2, -0.15) is 0 Å². The van der Waals surface area contributed by atoms with E-state index in [1.54, 1.807) is 18.8 Å². The van der Waals surface area contributed by atoms with E-state index in [4.69, 9.17) is 0 Å². The molecule has 100 valence electrons. The van der Waals surface area contributed by atoms with E-state index in [2.05, 4.69) is 5.32 Å². The number of hydrogen-bond donors (Lipinski definition) is 1. The van der Waals surface area contributed by atoms with E-state index in [9.17, 15) is 8.78 Å². The van der Waals surface area contributed by atoms with Gasteiger partial charge >= 0.3 is 0 Å². The Morgan fingerprint density at radius 2 is 1.79 bits per heavy atom. The first-order chi connectivity index (χ1) is 9.17. The van der Waals surface area contributed by atoms with Crippen LogP contribution in [0.15, 0.2) is 47.4 Å². The molecule has 1 unspecified atom stereocenters. The van der Waals surface area contributed by atoms with Crippen LogP contribution in [-0.2, 0) is 0 Å². The summed E-state index contributed by atoms with van der Waals surface area (Å²) < 4.78 is 26.9. The molecule has 0 heterocycles. The molecular weight excluding hydrogens is 264 g/mol. The summed E-state index contributed by atoms with van der Waals surface area (Å²) in [5.74, 6) is -1.09. The van der Waals surface area contributed by atoms with Crippen molar-refractivity contribution in [2.45, 2.75) is 10.9 Å². The molecule has 2 aromatic carbocycles. The summed E-state index contributed by atoms with van der Waals surface area (Å²) in [6, 6.07) is 11.2. The van der Waals surface area contributed by atoms with Crippen LogP contribution in [0.5, 0.6) is 0 Å². The SMILES string of the molecule is CNC(c1ccc(F)cc1F)c1ccccc1SC. The van der Waals surface area contributed by atoms with Gasteiger partial charge < -0.3 is 5.32 Å². The van der Waals surface area contributed by atoms with Gasteiger partial charge in [0.2, 0.25) is 0 Å². The molecule has 4 heteroatoms. The quantitative estimate of drug-likeness (QED) is 0.849. The summed E-state index contributed by atoms with van der Waals surface area (Å²) >= 11 is 1.61. The highest BCUT2D eigenvalue weighted by atomic mass is 32.2. The van der Waals surface area contributed by atoms with Gasteiger partial charge in [0, 0.05) is 16.5 Å². The maximum absolute atomic E-state index is 13.9. The molecule has 0 radical (unpaired) electrons. The molecule has 0 aliphatic heterocycles. The molecule has 0 aliphatic rings. The predicted molar refractivity (Wildman–Crippen MR) is 75.5 cm³/mol. The summed E-state index contributed by atoms with van der Waals surface area (Å²) in [6.45, 7) is 0. The van der Waals surface area contributed by atoms with Gasteiger partial charge in [0.05, 0.1) is 6.04 Å². The first kappa shape index (κ1) is 14.0. The zero-order valence-electron chi connectivity index (χ0n) is 10.8. The minimum absolute atomic E-state index is 0.288. The Labute approximate surface area is 116 Å². The Balaban J connectivity index is 2.50. The van der Waals surface area contributed by atoms with Crippen molar-refractivity contribution in [3.05, 3.63) is 65.2 Å². The van der Waals surface area contributed by atoms with E-state index >= 15 is 0 Å². The van der Waals surface area contributed by atoms with Gasteiger partial charge in [-0.1, -0.05) is 24.3 Å². The summed E-state index contributed by atoms with van der Waals surface area (Å²) in [5.41, 5.74) is 1.44. The summed E-state index contributed by atoms with van der Waals surface area (Å²) in [7, 11) is 1.77. The third kappa shape index (κ3) is 2.96. The smallest absolute Gasteiger partial charge is 0.131 e. The summed E-state index contributed by atoms with van der Waals surface area (Å²) in [5, 5.41) is 3.09. The number of halogens is 2. The standard InChI is InChI=1S/C15H15F2NS/c1-18-15(11-8-7-10(16)9-13(11)17)12-5-3-4-6-14(12)19-2/h3-9,15,18H,1-2H3. The van der Waals surface area contributed by atoms with Crippen LogP contribution in [0, 0.1) is 11.6 Å². The molecule has 1 atom stereocenters. The molecule has 0 saturated carbocycles. The van der Waals surface area contributed by atoms with Gasteiger partial charge in [-0.25, -0.2) is 8.78 Å². The lowest BCUT2D eigenvalue weighted by Gasteiger charge is -2.20. The fourth-order valence-electron chi connectivity index (χ4n) is 2.12. The lowest BCUT2D eigenvalue weighted by molar-refractivity contribution is 0.550. The molecule has 0 amide bonds. The Morgan fingerprint density at radius 1 is 1.05 bits per heavy atom. The van der Waals surface area contributed by atoms with Gasteiger partial charge in [0.15, 0.2) is 0 Å². The topological polar surface area (TPSA) is 12.0 Å². The van der Waals surface area contributed by atoms with Crippen molar-refractivity contribution in [1.29, 1.82) is 0 Å². The molecule has 2 rings (SSSR count). The largest absolute Gasteiger partial charge is 0.309 e. The molecular formula is C15H15F2NS. The highest BCUT2D eigenvalue weighted by Crippen LogP contribution is 2.31. The highest BCUT2D eigenvalue weighted by molar-refractivity contribution is 7.98. The fourth-order valence-corrected chi connectivity index (χ4v) is 2.76. The monoisotopic (exact) mass is 279 g/mol. The van der Waals surface area contributed by atoms with Crippen LogP contribution < -0.4 is 5.32 Å². The van der Waals surface area contributed by atoms with Crippen LogP contribution in [-0.4, -0.2) is 13.3 Å². The molecule has 1 N–H and O–H groups in total. The first-order valence-electron chi connectivity index (χ1n) is 5.92. The summed E-state index contributed by atoms with van der Waals surface area (Å²) in [4.78, 5) is 1.07. The van der Waals surface area contributed by atoms with Crippen molar-refractivity contribution in [3.8, 4) is 0 Å². The Hall–Kier alpha value is -1.39. The lowest BCUT2D eigenvalue weighted by atomic mass is 9.98. The van der Waals surface area contributed by atoms with Crippen LogP contribution in [0.4, 0.5) is 8.78 Å². The maximum Gasteiger partial charge on any atom is 0.131 e. The van der Waals surface area contributed by atoms with Crippen LogP contribution in [0.3, 0.4) is 0 Å². The molecule has 1 nitrogen and oxygen atoms in total. The number of nitrogens with one attached hydrogen (secondary N) is 1. The third-order valence-corrected chi connectivity index (χ3v) is 3.82. The number of rotatable bonds is 4. The number of hydrogen-bond acceptors (Lipinski definition) is 2. The van der Waals surface area contributed by atoms with Crippen molar-refractivity contribution in [2.24, 2.45) is 0 Å². The second kappa shape index (κ2) is 6.17. The molecule has 0 bridgehead atoms. The molecule has 0 saturated heterocycles. The van der Waals surface area contributed by atoms with Gasteiger partial charge in [0.1, 0.15) is 11.6 Å². The Kier molecular flexibility index (Phi) is 4.56. The second-order valence-corrected chi connectivity index (χ2v) is 4.98. The van der Waals surface area contributed by atoms with Crippen molar-refractivity contribution in [2.75, 3.05) is 13.3 Å². The third-order valence-electron chi connectivity index (χ3n) is 3.01. The first-order valence-corrected chi connectivity index (χ1v) is 7.15. The molecule has 0 fully saturated rings. The van der Waals surface area contributed by atoms with E-state index in [0.29, 0.717) is 5.56 Å². The zero-order valence-corrected chi connectivity index (χ0v) is 11.6. The van der Waals surface area contributed by atoms with Crippen molar-refractivity contribution in [3.63, 3.8) is 0 Å². The van der Waals surface area contributed by atoms with Gasteiger partial charge in [-0.3, -0.25) is 0 Å². The Morgan fingerprint density at radius 3 is 2.42 bits per heavy atom. The minimum Gasteiger partial charge on any atom is -0.309 e. The minimum atomic E-state index is -0.561. The Bertz CT molecular complexity index is 572. The van der Waals surface area contributed by atoms with E-state index in [0.717, 1.165) is 16.5 Å². The fraction of sp³-hybridized carbons (Fsp3) is 0.200. The van der Waals surface area contributed by atoms with E-state index in [1.807, 2.05) is 30.5 Å². The van der Waals surface area contributed by atoms with Crippen LogP contribution in [0.2, 0.25) is 0 Å². The van der Waals surface area contributed by atoms with E-state index in [1.165, 1.54) is 12.1 Å². The predicted octanol–water partition coefficient (Wildman–Crippen LogP) is 4.00. The van der Waals surface area contributed by atoms with Gasteiger partial charge in [-0.15, -0.1) is 11.8 Å². The normalized spacial score (nSPS) is 12.4. The molecule has 0 spiro atoms. The molecule has 0 aliphatic carbocycles.